The Morgan fingerprint density at radius 1 is 0.913 bits per heavy atom. The van der Waals surface area contributed by atoms with Crippen LogP contribution in [0.2, 0.25) is 0 Å². The summed E-state index contributed by atoms with van der Waals surface area (Å²) >= 11 is 1.62. The monoisotopic (exact) mass is 437 g/mol. The van der Waals surface area contributed by atoms with Crippen molar-refractivity contribution in [3.8, 4) is 0 Å². The zero-order chi connectivity index (χ0) is 17.3. The van der Waals surface area contributed by atoms with Crippen LogP contribution in [0.25, 0.3) is 5.32 Å². The molecule has 0 N–H and O–H groups in total. The van der Waals surface area contributed by atoms with Crippen LogP contribution in [-0.2, 0) is 22.1 Å². The summed E-state index contributed by atoms with van der Waals surface area (Å²) in [5.74, 6) is 0. The van der Waals surface area contributed by atoms with E-state index in [9.17, 15) is 0 Å². The predicted molar refractivity (Wildman–Crippen MR) is 102 cm³/mol. The standard InChI is InChI=1S/C17H20NP.CHO.ClH.Ru.H/c1-2-13-18-14-15-19(16-9-5-3-6-10-16)17-11-7-4-8-12-17;1-2;;;/h3-12H,1-2,13-15H2;1H;1H;;/q-2;-1;;+1;. The number of hydrogen-bond donors (Lipinski definition) is 0. The summed E-state index contributed by atoms with van der Waals surface area (Å²) in [6, 6.07) is 21.7. The second-order valence-electron chi connectivity index (χ2n) is 4.48. The van der Waals surface area contributed by atoms with Crippen LogP contribution in [-0.4, -0.2) is 26.0 Å². The fourth-order valence-corrected chi connectivity index (χ4v) is 4.63. The van der Waals surface area contributed by atoms with Crippen molar-refractivity contribution in [3.05, 3.63) is 72.9 Å². The van der Waals surface area contributed by atoms with Crippen LogP contribution >= 0.6 is 17.6 Å². The van der Waals surface area contributed by atoms with Gasteiger partial charge in [0.05, 0.1) is 18.5 Å². The molecule has 0 aliphatic heterocycles. The van der Waals surface area contributed by atoms with Crippen LogP contribution in [0.3, 0.4) is 0 Å². The van der Waals surface area contributed by atoms with Crippen molar-refractivity contribution < 1.29 is 22.1 Å². The van der Waals surface area contributed by atoms with Crippen LogP contribution < -0.4 is 10.6 Å². The summed E-state index contributed by atoms with van der Waals surface area (Å²) in [5.41, 5.74) is 0. The van der Waals surface area contributed by atoms with Gasteiger partial charge in [-0.25, -0.2) is 6.42 Å². The molecule has 0 spiro atoms. The fourth-order valence-electron chi connectivity index (χ4n) is 2.15. The van der Waals surface area contributed by atoms with Gasteiger partial charge in [0.1, 0.15) is 0 Å². The van der Waals surface area contributed by atoms with Crippen molar-refractivity contribution in [1.29, 1.82) is 0 Å². The molecule has 0 saturated heterocycles. The zero-order valence-electron chi connectivity index (χ0n) is 13.0. The van der Waals surface area contributed by atoms with E-state index in [1.54, 1.807) is 17.3 Å². The van der Waals surface area contributed by atoms with E-state index in [0.717, 1.165) is 19.5 Å². The van der Waals surface area contributed by atoms with Gasteiger partial charge in [-0.1, -0.05) is 36.4 Å². The molecule has 0 amide bonds. The molecule has 0 bridgehead atoms. The molecule has 2 nitrogen and oxygen atoms in total. The molecule has 2 aromatic carbocycles. The first-order valence-corrected chi connectivity index (χ1v) is 11.3. The van der Waals surface area contributed by atoms with E-state index >= 15 is 0 Å². The van der Waals surface area contributed by atoms with E-state index in [2.05, 4.69) is 89.4 Å². The Morgan fingerprint density at radius 3 is 1.74 bits per heavy atom. The zero-order valence-corrected chi connectivity index (χ0v) is 16.6. The van der Waals surface area contributed by atoms with Crippen LogP contribution in [0.15, 0.2) is 60.7 Å². The van der Waals surface area contributed by atoms with E-state index in [0.29, 0.717) is 0 Å². The Kier molecular flexibility index (Phi) is 15.9. The van der Waals surface area contributed by atoms with E-state index in [4.69, 9.17) is 4.79 Å². The Bertz CT molecular complexity index is 447. The van der Waals surface area contributed by atoms with Gasteiger partial charge in [0, 0.05) is 6.16 Å². The Hall–Kier alpha value is -0.587. The topological polar surface area (TPSA) is 31.2 Å². The van der Waals surface area contributed by atoms with Gasteiger partial charge in [-0.05, 0) is 24.3 Å². The first-order valence-electron chi connectivity index (χ1n) is 7.19. The number of benzene rings is 2. The number of rotatable bonds is 7. The van der Waals surface area contributed by atoms with Gasteiger partial charge < -0.3 is 17.0 Å². The fraction of sp³-hybridized carbons (Fsp3) is 0.222. The number of carbonyl (C=O) groups excluding carboxylic acids is 1. The molecule has 0 atom stereocenters. The molecule has 2 rings (SSSR count). The molecule has 0 heterocycles. The Balaban J connectivity index is 0.00000112. The second-order valence-corrected chi connectivity index (χ2v) is 7.10. The summed E-state index contributed by atoms with van der Waals surface area (Å²) in [5, 5.41) is 7.49. The van der Waals surface area contributed by atoms with Crippen LogP contribution in [0.5, 0.6) is 0 Å². The van der Waals surface area contributed by atoms with Gasteiger partial charge in [0.2, 0.25) is 0 Å². The minimum atomic E-state index is -0.694. The third-order valence-electron chi connectivity index (χ3n) is 3.08. The van der Waals surface area contributed by atoms with Gasteiger partial charge in [-0.3, -0.25) is 6.79 Å². The molecule has 0 radical (unpaired) electrons. The first-order chi connectivity index (χ1) is 11.4. The molecule has 0 fully saturated rings. The maximum atomic E-state index is 7.75. The number of halogens is 1. The van der Waals surface area contributed by atoms with Crippen molar-refractivity contribution >= 4 is 35.0 Å². The van der Waals surface area contributed by atoms with Crippen molar-refractivity contribution in [1.82, 2.24) is 0 Å². The molecule has 2 aromatic rings. The summed E-state index contributed by atoms with van der Waals surface area (Å²) in [4.78, 5) is 7.75. The molecule has 5 heteroatoms. The van der Waals surface area contributed by atoms with E-state index in [-0.39, 0.29) is 0 Å². The maximum absolute atomic E-state index is 7.75. The predicted octanol–water partition coefficient (Wildman–Crippen LogP) is 3.59. The van der Waals surface area contributed by atoms with Crippen molar-refractivity contribution in [2.45, 2.75) is 6.42 Å². The quantitative estimate of drug-likeness (QED) is 0.214. The molecular weight excluding hydrogens is 414 g/mol. The molecular formula is C18H23ClNOPRu-2. The van der Waals surface area contributed by atoms with Crippen LogP contribution in [0, 0.1) is 6.92 Å². The molecule has 0 saturated carbocycles. The molecule has 0 aliphatic carbocycles. The van der Waals surface area contributed by atoms with Crippen molar-refractivity contribution in [3.63, 3.8) is 0 Å². The van der Waals surface area contributed by atoms with Crippen molar-refractivity contribution in [2.24, 2.45) is 0 Å². The molecule has 0 aromatic heterocycles. The Labute approximate surface area is 155 Å². The van der Waals surface area contributed by atoms with E-state index in [1.165, 1.54) is 16.8 Å². The van der Waals surface area contributed by atoms with Gasteiger partial charge in [0.25, 0.3) is 0 Å². The summed E-state index contributed by atoms with van der Waals surface area (Å²) < 4.78 is 0. The molecule has 0 unspecified atom stereocenters. The average Bonchev–Trinajstić information content (AvgIpc) is 2.66. The molecule has 0 aliphatic rings. The summed E-state index contributed by atoms with van der Waals surface area (Å²) in [6.45, 7) is 8.92. The third-order valence-corrected chi connectivity index (χ3v) is 5.86. The molecule has 128 valence electrons. The first kappa shape index (κ1) is 22.4. The molecule has 23 heavy (non-hydrogen) atoms. The van der Waals surface area contributed by atoms with E-state index in [1.807, 2.05) is 0 Å². The summed E-state index contributed by atoms with van der Waals surface area (Å²) in [7, 11) is 3.91. The summed E-state index contributed by atoms with van der Waals surface area (Å²) in [6.07, 6.45) is 2.07. The van der Waals surface area contributed by atoms with E-state index < -0.39 is 7.92 Å². The SMILES string of the molecule is [CH-]=O.[CH2-]CC[N-]CC[PH+](c1ccccc1)c1ccccc1.[Cl][RuH]. The van der Waals surface area contributed by atoms with Crippen LogP contribution in [0.4, 0.5) is 0 Å². The normalized spacial score (nSPS) is 9.43. The van der Waals surface area contributed by atoms with Crippen molar-refractivity contribution in [2.75, 3.05) is 19.3 Å². The third kappa shape index (κ3) is 9.33. The van der Waals surface area contributed by atoms with Gasteiger partial charge >= 0.3 is 27.0 Å². The Morgan fingerprint density at radius 2 is 1.35 bits per heavy atom. The van der Waals surface area contributed by atoms with Gasteiger partial charge in [-0.2, -0.15) is 6.54 Å². The number of hydrogen-bond acceptors (Lipinski definition) is 1. The average molecular weight is 437 g/mol. The van der Waals surface area contributed by atoms with Crippen LogP contribution in [0.1, 0.15) is 6.42 Å². The van der Waals surface area contributed by atoms with Gasteiger partial charge in [-0.15, -0.1) is 6.54 Å². The number of nitrogens with zero attached hydrogens (tertiary/aromatic N) is 1. The minimum absolute atomic E-state index is 0.694. The second kappa shape index (κ2) is 16.3. The van der Waals surface area contributed by atoms with Gasteiger partial charge in [0.15, 0.2) is 0 Å².